The number of para-hydroxylation sites is 2. The van der Waals surface area contributed by atoms with Gasteiger partial charge >= 0.3 is 5.97 Å². The number of hydrogen-bond donors (Lipinski definition) is 1. The van der Waals surface area contributed by atoms with E-state index in [2.05, 4.69) is 5.32 Å². The number of hydrogen-bond acceptors (Lipinski definition) is 5. The fraction of sp³-hybridized carbons (Fsp3) is 0.276. The molecule has 1 N–H and O–H groups in total. The quantitative estimate of drug-likeness (QED) is 0.486. The molecule has 1 unspecified atom stereocenters. The molecule has 4 rings (SSSR count). The normalized spacial score (nSPS) is 17.5. The molecule has 2 amide bonds. The van der Waals surface area contributed by atoms with Crippen LogP contribution in [0.25, 0.3) is 0 Å². The molecule has 7 nitrogen and oxygen atoms in total. The Morgan fingerprint density at radius 1 is 0.972 bits per heavy atom. The lowest BCUT2D eigenvalue weighted by Gasteiger charge is -2.43. The van der Waals surface area contributed by atoms with E-state index in [1.807, 2.05) is 71.3 Å². The molecule has 0 radical (unpaired) electrons. The number of nitrogens with one attached hydrogen (secondary N) is 1. The van der Waals surface area contributed by atoms with Crippen LogP contribution < -0.4 is 15.1 Å². The second-order valence-electron chi connectivity index (χ2n) is 9.03. The van der Waals surface area contributed by atoms with Gasteiger partial charge in [0.15, 0.2) is 0 Å². The Hall–Kier alpha value is -4.13. The second-order valence-corrected chi connectivity index (χ2v) is 9.03. The van der Waals surface area contributed by atoms with Crippen LogP contribution in [0.15, 0.2) is 78.9 Å². The van der Waals surface area contributed by atoms with Gasteiger partial charge in [0.2, 0.25) is 5.91 Å². The summed E-state index contributed by atoms with van der Waals surface area (Å²) in [6.45, 7) is 5.31. The molecule has 186 valence electrons. The highest BCUT2D eigenvalue weighted by molar-refractivity contribution is 6.07. The van der Waals surface area contributed by atoms with E-state index in [9.17, 15) is 14.4 Å². The van der Waals surface area contributed by atoms with Crippen LogP contribution in [0.5, 0.6) is 0 Å². The zero-order valence-corrected chi connectivity index (χ0v) is 21.0. The van der Waals surface area contributed by atoms with Crippen molar-refractivity contribution in [1.82, 2.24) is 0 Å². The molecule has 0 spiro atoms. The summed E-state index contributed by atoms with van der Waals surface area (Å²) < 4.78 is 4.75. The maximum Gasteiger partial charge on any atom is 0.327 e. The molecule has 0 fully saturated rings. The van der Waals surface area contributed by atoms with E-state index in [1.54, 1.807) is 38.1 Å². The van der Waals surface area contributed by atoms with Crippen molar-refractivity contribution in [3.8, 4) is 0 Å². The third kappa shape index (κ3) is 4.96. The van der Waals surface area contributed by atoms with Crippen molar-refractivity contribution in [3.63, 3.8) is 0 Å². The third-order valence-corrected chi connectivity index (χ3v) is 6.53. The van der Waals surface area contributed by atoms with Gasteiger partial charge in [0.1, 0.15) is 6.04 Å². The molecule has 1 aliphatic heterocycles. The van der Waals surface area contributed by atoms with Gasteiger partial charge in [0, 0.05) is 35.6 Å². The van der Waals surface area contributed by atoms with Crippen molar-refractivity contribution >= 4 is 34.8 Å². The minimum absolute atomic E-state index is 0.0442. The number of amides is 2. The lowest BCUT2D eigenvalue weighted by atomic mass is 9.89. The zero-order chi connectivity index (χ0) is 25.8. The van der Waals surface area contributed by atoms with Crippen LogP contribution in [0.1, 0.15) is 49.2 Å². The highest BCUT2D eigenvalue weighted by Gasteiger charge is 2.38. The smallest absolute Gasteiger partial charge is 0.327 e. The molecule has 0 bridgehead atoms. The molecule has 0 aromatic heterocycles. The molecule has 3 aromatic carbocycles. The Kier molecular flexibility index (Phi) is 7.38. The van der Waals surface area contributed by atoms with Crippen LogP contribution in [0.3, 0.4) is 0 Å². The van der Waals surface area contributed by atoms with E-state index >= 15 is 0 Å². The van der Waals surface area contributed by atoms with Gasteiger partial charge in [-0.15, -0.1) is 0 Å². The van der Waals surface area contributed by atoms with Crippen molar-refractivity contribution in [2.45, 2.75) is 45.3 Å². The average molecular weight is 486 g/mol. The van der Waals surface area contributed by atoms with Gasteiger partial charge in [-0.2, -0.15) is 0 Å². The summed E-state index contributed by atoms with van der Waals surface area (Å²) in [6.07, 6.45) is 0.605. The van der Waals surface area contributed by atoms with Crippen LogP contribution in [-0.2, 0) is 14.3 Å². The van der Waals surface area contributed by atoms with Gasteiger partial charge in [-0.25, -0.2) is 4.79 Å². The summed E-state index contributed by atoms with van der Waals surface area (Å²) in [5.74, 6) is -0.522. The predicted molar refractivity (Wildman–Crippen MR) is 141 cm³/mol. The summed E-state index contributed by atoms with van der Waals surface area (Å²) in [7, 11) is 1.35. The van der Waals surface area contributed by atoms with E-state index in [0.29, 0.717) is 12.0 Å². The number of benzene rings is 3. The summed E-state index contributed by atoms with van der Waals surface area (Å²) in [4.78, 5) is 41.8. The topological polar surface area (TPSA) is 79.0 Å². The van der Waals surface area contributed by atoms with Crippen molar-refractivity contribution in [2.24, 2.45) is 0 Å². The number of methoxy groups -OCH3 is 1. The van der Waals surface area contributed by atoms with Crippen LogP contribution in [0.2, 0.25) is 0 Å². The SMILES string of the molecule is COC(=O)C(C)Nc1ccc(C(=O)N2c3ccccc3[C@@H](N(C(C)=O)c3ccccc3)C[C@H]2C)cc1. The Labute approximate surface area is 211 Å². The van der Waals surface area contributed by atoms with Gasteiger partial charge in [0.25, 0.3) is 5.91 Å². The number of anilines is 3. The zero-order valence-electron chi connectivity index (χ0n) is 21.0. The number of fused-ring (bicyclic) bond motifs is 1. The molecule has 36 heavy (non-hydrogen) atoms. The highest BCUT2D eigenvalue weighted by Crippen LogP contribution is 2.42. The molecule has 3 atom stereocenters. The van der Waals surface area contributed by atoms with E-state index < -0.39 is 6.04 Å². The first-order valence-electron chi connectivity index (χ1n) is 12.0. The van der Waals surface area contributed by atoms with Crippen LogP contribution in [0, 0.1) is 0 Å². The number of nitrogens with zero attached hydrogens (tertiary/aromatic N) is 2. The van der Waals surface area contributed by atoms with Gasteiger partial charge < -0.3 is 19.9 Å². The monoisotopic (exact) mass is 485 g/mol. The van der Waals surface area contributed by atoms with Gasteiger partial charge in [-0.1, -0.05) is 36.4 Å². The molecule has 0 saturated heterocycles. The van der Waals surface area contributed by atoms with E-state index in [4.69, 9.17) is 4.74 Å². The summed E-state index contributed by atoms with van der Waals surface area (Å²) in [6, 6.07) is 23.7. The van der Waals surface area contributed by atoms with Gasteiger partial charge in [-0.3, -0.25) is 9.59 Å². The van der Waals surface area contributed by atoms with Crippen LogP contribution in [-0.4, -0.2) is 37.0 Å². The van der Waals surface area contributed by atoms with Crippen LogP contribution >= 0.6 is 0 Å². The average Bonchev–Trinajstić information content (AvgIpc) is 2.89. The number of carbonyl (C=O) groups is 3. The Morgan fingerprint density at radius 3 is 2.25 bits per heavy atom. The molecule has 1 aliphatic rings. The summed E-state index contributed by atoms with van der Waals surface area (Å²) in [5.41, 5.74) is 3.83. The maximum atomic E-state index is 13.7. The number of ether oxygens (including phenoxy) is 1. The van der Waals surface area contributed by atoms with Crippen molar-refractivity contribution < 1.29 is 19.1 Å². The molecule has 3 aromatic rings. The Balaban J connectivity index is 1.64. The summed E-state index contributed by atoms with van der Waals surface area (Å²) >= 11 is 0. The third-order valence-electron chi connectivity index (χ3n) is 6.53. The minimum Gasteiger partial charge on any atom is -0.467 e. The fourth-order valence-electron chi connectivity index (χ4n) is 4.84. The highest BCUT2D eigenvalue weighted by atomic mass is 16.5. The van der Waals surface area contributed by atoms with Crippen molar-refractivity contribution in [1.29, 1.82) is 0 Å². The van der Waals surface area contributed by atoms with Crippen molar-refractivity contribution in [2.75, 3.05) is 22.2 Å². The second kappa shape index (κ2) is 10.6. The summed E-state index contributed by atoms with van der Waals surface area (Å²) in [5, 5.41) is 3.07. The first-order valence-corrected chi connectivity index (χ1v) is 12.0. The Morgan fingerprint density at radius 2 is 1.61 bits per heavy atom. The fourth-order valence-corrected chi connectivity index (χ4v) is 4.84. The molecular weight excluding hydrogens is 454 g/mol. The molecule has 1 heterocycles. The predicted octanol–water partition coefficient (Wildman–Crippen LogP) is 5.19. The molecule has 7 heteroatoms. The Bertz CT molecular complexity index is 1240. The largest absolute Gasteiger partial charge is 0.467 e. The molecule has 0 saturated carbocycles. The van der Waals surface area contributed by atoms with Gasteiger partial charge in [0.05, 0.1) is 13.2 Å². The number of rotatable bonds is 6. The lowest BCUT2D eigenvalue weighted by molar-refractivity contribution is -0.141. The first-order chi connectivity index (χ1) is 17.3. The lowest BCUT2D eigenvalue weighted by Crippen LogP contribution is -2.47. The van der Waals surface area contributed by atoms with E-state index in [-0.39, 0.29) is 29.9 Å². The minimum atomic E-state index is -0.503. The standard InChI is InChI=1S/C29H31N3O4/c1-19-18-27(32(21(3)33)24-10-6-5-7-11-24)25-12-8-9-13-26(25)31(19)28(34)22-14-16-23(17-15-22)30-20(2)29(35)36-4/h5-17,19-20,27,30H,18H2,1-4H3/t19-,20?,27+/m1/s1. The maximum absolute atomic E-state index is 13.7. The molecule has 0 aliphatic carbocycles. The van der Waals surface area contributed by atoms with Crippen LogP contribution in [0.4, 0.5) is 17.1 Å². The number of esters is 1. The first kappa shape index (κ1) is 25.0. The van der Waals surface area contributed by atoms with E-state index in [0.717, 1.165) is 22.6 Å². The van der Waals surface area contributed by atoms with Crippen molar-refractivity contribution in [3.05, 3.63) is 90.0 Å². The number of carbonyl (C=O) groups excluding carboxylic acids is 3. The molecular formula is C29H31N3O4. The van der Waals surface area contributed by atoms with E-state index in [1.165, 1.54) is 7.11 Å². The van der Waals surface area contributed by atoms with Gasteiger partial charge in [-0.05, 0) is 68.3 Å².